The number of rotatable bonds is 1. The highest BCUT2D eigenvalue weighted by Crippen LogP contribution is 2.27. The Balaban J connectivity index is 2.35. The molecule has 0 aliphatic carbocycles. The summed E-state index contributed by atoms with van der Waals surface area (Å²) in [4.78, 5) is 23.6. The molecule has 98 valence electrons. The zero-order valence-corrected chi connectivity index (χ0v) is 10.8. The minimum Gasteiger partial charge on any atom is -0.468 e. The molecule has 0 aromatic rings. The van der Waals surface area contributed by atoms with Crippen molar-refractivity contribution in [3.63, 3.8) is 0 Å². The number of nitrogens with zero attached hydrogens (tertiary/aromatic N) is 4. The van der Waals surface area contributed by atoms with E-state index < -0.39 is 5.66 Å². The van der Waals surface area contributed by atoms with Gasteiger partial charge in [0.1, 0.15) is 5.66 Å². The van der Waals surface area contributed by atoms with Gasteiger partial charge in [-0.3, -0.25) is 14.6 Å². The van der Waals surface area contributed by atoms with Gasteiger partial charge < -0.3 is 10.5 Å². The van der Waals surface area contributed by atoms with E-state index >= 15 is 0 Å². The SMILES string of the molecule is COC1=NC=CCN1[C@]1(C)CC(=O)N(C)C(N)=N1. The number of guanidine groups is 1. The molecule has 18 heavy (non-hydrogen) atoms. The first-order valence-electron chi connectivity index (χ1n) is 5.64. The summed E-state index contributed by atoms with van der Waals surface area (Å²) in [6, 6.07) is 0.439. The second kappa shape index (κ2) is 4.32. The van der Waals surface area contributed by atoms with Gasteiger partial charge in [0.2, 0.25) is 5.91 Å². The molecule has 7 heteroatoms. The van der Waals surface area contributed by atoms with Gasteiger partial charge in [-0.15, -0.1) is 0 Å². The lowest BCUT2D eigenvalue weighted by Crippen LogP contribution is -2.58. The third-order valence-corrected chi connectivity index (χ3v) is 3.13. The quantitative estimate of drug-likeness (QED) is 0.694. The molecule has 2 N–H and O–H groups in total. The maximum Gasteiger partial charge on any atom is 0.293 e. The summed E-state index contributed by atoms with van der Waals surface area (Å²) in [5.74, 6) is 0.133. The van der Waals surface area contributed by atoms with Crippen LogP contribution in [0.2, 0.25) is 0 Å². The fourth-order valence-electron chi connectivity index (χ4n) is 2.03. The first-order chi connectivity index (χ1) is 8.48. The highest BCUT2D eigenvalue weighted by atomic mass is 16.5. The summed E-state index contributed by atoms with van der Waals surface area (Å²) < 4.78 is 5.21. The molecule has 1 amide bonds. The van der Waals surface area contributed by atoms with Gasteiger partial charge in [0.05, 0.1) is 13.5 Å². The molecule has 0 spiro atoms. The van der Waals surface area contributed by atoms with E-state index in [9.17, 15) is 4.79 Å². The zero-order chi connectivity index (χ0) is 13.3. The molecule has 1 atom stereocenters. The summed E-state index contributed by atoms with van der Waals surface area (Å²) in [6.07, 6.45) is 3.78. The lowest BCUT2D eigenvalue weighted by atomic mass is 10.0. The number of hydrogen-bond acceptors (Lipinski definition) is 6. The smallest absolute Gasteiger partial charge is 0.293 e. The van der Waals surface area contributed by atoms with Crippen LogP contribution in [0.25, 0.3) is 0 Å². The maximum atomic E-state index is 11.9. The summed E-state index contributed by atoms with van der Waals surface area (Å²) in [7, 11) is 3.15. The van der Waals surface area contributed by atoms with E-state index in [1.54, 1.807) is 13.2 Å². The van der Waals surface area contributed by atoms with Gasteiger partial charge >= 0.3 is 0 Å². The van der Waals surface area contributed by atoms with Crippen LogP contribution in [0.3, 0.4) is 0 Å². The molecule has 2 aliphatic heterocycles. The normalized spacial score (nSPS) is 28.1. The van der Waals surface area contributed by atoms with Crippen molar-refractivity contribution in [3.05, 3.63) is 12.3 Å². The van der Waals surface area contributed by atoms with E-state index in [-0.39, 0.29) is 18.3 Å². The predicted octanol–water partition coefficient (Wildman–Crippen LogP) is -0.289. The second-order valence-electron chi connectivity index (χ2n) is 4.43. The van der Waals surface area contributed by atoms with Gasteiger partial charge in [-0.05, 0) is 13.0 Å². The highest BCUT2D eigenvalue weighted by Gasteiger charge is 2.41. The van der Waals surface area contributed by atoms with Crippen molar-refractivity contribution in [2.75, 3.05) is 20.7 Å². The van der Waals surface area contributed by atoms with Crippen molar-refractivity contribution in [3.8, 4) is 0 Å². The van der Waals surface area contributed by atoms with Crippen LogP contribution in [0.4, 0.5) is 0 Å². The van der Waals surface area contributed by atoms with E-state index in [2.05, 4.69) is 9.98 Å². The Hall–Kier alpha value is -2.05. The Labute approximate surface area is 106 Å². The number of amides is 1. The monoisotopic (exact) mass is 251 g/mol. The Bertz CT molecular complexity index is 456. The Morgan fingerprint density at radius 2 is 2.28 bits per heavy atom. The number of carbonyl (C=O) groups is 1. The number of hydrogen-bond donors (Lipinski definition) is 1. The van der Waals surface area contributed by atoms with Gasteiger partial charge in [0.15, 0.2) is 5.96 Å². The molecule has 0 aromatic heterocycles. The minimum atomic E-state index is -0.757. The number of amidine groups is 1. The first kappa shape index (κ1) is 12.4. The molecule has 0 saturated heterocycles. The molecular formula is C11H17N5O2. The highest BCUT2D eigenvalue weighted by molar-refractivity contribution is 5.99. The summed E-state index contributed by atoms with van der Waals surface area (Å²) in [5, 5.41) is 0. The topological polar surface area (TPSA) is 83.5 Å². The van der Waals surface area contributed by atoms with Crippen LogP contribution in [0.1, 0.15) is 13.3 Å². The predicted molar refractivity (Wildman–Crippen MR) is 67.7 cm³/mol. The number of nitrogens with two attached hydrogens (primary N) is 1. The third-order valence-electron chi connectivity index (χ3n) is 3.13. The minimum absolute atomic E-state index is 0.0741. The molecule has 2 heterocycles. The molecule has 0 bridgehead atoms. The van der Waals surface area contributed by atoms with Crippen molar-refractivity contribution in [2.45, 2.75) is 19.0 Å². The maximum absolute atomic E-state index is 11.9. The van der Waals surface area contributed by atoms with E-state index in [1.807, 2.05) is 17.9 Å². The summed E-state index contributed by atoms with van der Waals surface area (Å²) in [6.45, 7) is 2.43. The van der Waals surface area contributed by atoms with Gasteiger partial charge in [0, 0.05) is 19.8 Å². The van der Waals surface area contributed by atoms with Crippen LogP contribution in [-0.2, 0) is 9.53 Å². The van der Waals surface area contributed by atoms with Crippen LogP contribution >= 0.6 is 0 Å². The first-order valence-corrected chi connectivity index (χ1v) is 5.64. The van der Waals surface area contributed by atoms with Crippen LogP contribution in [-0.4, -0.2) is 54.1 Å². The van der Waals surface area contributed by atoms with E-state index in [4.69, 9.17) is 10.5 Å². The molecule has 0 fully saturated rings. The van der Waals surface area contributed by atoms with Crippen molar-refractivity contribution < 1.29 is 9.53 Å². The molecule has 7 nitrogen and oxygen atoms in total. The number of ether oxygens (including phenoxy) is 1. The largest absolute Gasteiger partial charge is 0.468 e. The standard InChI is InChI=1S/C11H17N5O2/c1-11(7-8(17)15(2)9(12)14-11)16-6-4-5-13-10(16)18-3/h4-5H,6-7H2,1-3H3,(H2,12,14)/t11-/m1/s1. The zero-order valence-electron chi connectivity index (χ0n) is 10.8. The van der Waals surface area contributed by atoms with E-state index in [0.29, 0.717) is 12.6 Å². The van der Waals surface area contributed by atoms with Crippen LogP contribution < -0.4 is 5.73 Å². The van der Waals surface area contributed by atoms with Crippen molar-refractivity contribution in [1.82, 2.24) is 9.80 Å². The lowest BCUT2D eigenvalue weighted by Gasteiger charge is -2.42. The third kappa shape index (κ3) is 1.92. The molecular weight excluding hydrogens is 234 g/mol. The number of methoxy groups -OCH3 is 1. The molecule has 0 unspecified atom stereocenters. The summed E-state index contributed by atoms with van der Waals surface area (Å²) in [5.41, 5.74) is 5.01. The van der Waals surface area contributed by atoms with Crippen LogP contribution in [0, 0.1) is 0 Å². The summed E-state index contributed by atoms with van der Waals surface area (Å²) >= 11 is 0. The molecule has 2 aliphatic rings. The Kier molecular flexibility index (Phi) is 2.98. The lowest BCUT2D eigenvalue weighted by molar-refractivity contribution is -0.129. The Morgan fingerprint density at radius 3 is 2.89 bits per heavy atom. The fraction of sp³-hybridized carbons (Fsp3) is 0.545. The van der Waals surface area contributed by atoms with E-state index in [0.717, 1.165) is 0 Å². The molecule has 0 saturated carbocycles. The van der Waals surface area contributed by atoms with Gasteiger partial charge in [0.25, 0.3) is 6.02 Å². The average Bonchev–Trinajstić information content (AvgIpc) is 2.36. The molecule has 0 aromatic carbocycles. The van der Waals surface area contributed by atoms with Crippen molar-refractivity contribution in [1.29, 1.82) is 0 Å². The second-order valence-corrected chi connectivity index (χ2v) is 4.43. The number of aliphatic imine (C=N–C) groups is 2. The van der Waals surface area contributed by atoms with Gasteiger partial charge in [-0.1, -0.05) is 0 Å². The fourth-order valence-corrected chi connectivity index (χ4v) is 2.03. The van der Waals surface area contributed by atoms with Crippen LogP contribution in [0.5, 0.6) is 0 Å². The Morgan fingerprint density at radius 1 is 1.56 bits per heavy atom. The van der Waals surface area contributed by atoms with E-state index in [1.165, 1.54) is 12.0 Å². The van der Waals surface area contributed by atoms with Crippen molar-refractivity contribution >= 4 is 17.9 Å². The van der Waals surface area contributed by atoms with Crippen molar-refractivity contribution in [2.24, 2.45) is 15.7 Å². The average molecular weight is 251 g/mol. The molecule has 0 radical (unpaired) electrons. The van der Waals surface area contributed by atoms with Crippen LogP contribution in [0.15, 0.2) is 22.3 Å². The van der Waals surface area contributed by atoms with Gasteiger partial charge in [-0.2, -0.15) is 0 Å². The van der Waals surface area contributed by atoms with Gasteiger partial charge in [-0.25, -0.2) is 9.98 Å². The number of carbonyl (C=O) groups excluding carboxylic acids is 1. The molecule has 2 rings (SSSR count).